The van der Waals surface area contributed by atoms with Crippen molar-refractivity contribution in [3.63, 3.8) is 0 Å². The van der Waals surface area contributed by atoms with Crippen LogP contribution in [0.2, 0.25) is 0 Å². The highest BCUT2D eigenvalue weighted by Crippen LogP contribution is 2.01. The maximum atomic E-state index is 4.13. The lowest BCUT2D eigenvalue weighted by Crippen LogP contribution is -2.23. The van der Waals surface area contributed by atoms with Gasteiger partial charge in [0.2, 0.25) is 0 Å². The average molecular weight is 241 g/mol. The van der Waals surface area contributed by atoms with E-state index in [0.29, 0.717) is 0 Å². The number of nitrogens with zero attached hydrogens (tertiary/aromatic N) is 3. The minimum atomic E-state index is 1.05. The lowest BCUT2D eigenvalue weighted by atomic mass is 10.2. The van der Waals surface area contributed by atoms with E-state index in [9.17, 15) is 0 Å². The van der Waals surface area contributed by atoms with Crippen molar-refractivity contribution in [2.45, 2.75) is 12.8 Å². The fraction of sp³-hybridized carbons (Fsp3) is 0.333. The van der Waals surface area contributed by atoms with Gasteiger partial charge in [0.15, 0.2) is 0 Å². The van der Waals surface area contributed by atoms with Gasteiger partial charge in [-0.3, -0.25) is 9.97 Å². The van der Waals surface area contributed by atoms with Crippen molar-refractivity contribution in [2.75, 3.05) is 20.1 Å². The van der Waals surface area contributed by atoms with Gasteiger partial charge >= 0.3 is 0 Å². The molecule has 0 aromatic carbocycles. The van der Waals surface area contributed by atoms with Crippen LogP contribution in [0.3, 0.4) is 0 Å². The van der Waals surface area contributed by atoms with Crippen molar-refractivity contribution in [1.82, 2.24) is 14.9 Å². The monoisotopic (exact) mass is 241 g/mol. The molecule has 0 radical (unpaired) electrons. The van der Waals surface area contributed by atoms with Gasteiger partial charge in [0.05, 0.1) is 0 Å². The molecule has 3 heteroatoms. The Balaban J connectivity index is 1.71. The summed E-state index contributed by atoms with van der Waals surface area (Å²) in [5.41, 5.74) is 2.59. The van der Waals surface area contributed by atoms with E-state index in [1.54, 1.807) is 0 Å². The van der Waals surface area contributed by atoms with Crippen molar-refractivity contribution < 1.29 is 0 Å². The first-order chi connectivity index (χ1) is 8.84. The first-order valence-electron chi connectivity index (χ1n) is 6.31. The molecule has 0 saturated heterocycles. The summed E-state index contributed by atoms with van der Waals surface area (Å²) in [7, 11) is 2.16. The van der Waals surface area contributed by atoms with Crippen LogP contribution in [-0.4, -0.2) is 35.0 Å². The molecule has 0 aliphatic rings. The normalized spacial score (nSPS) is 10.8. The number of pyridine rings is 2. The smallest absolute Gasteiger partial charge is 0.0300 e. The maximum absolute atomic E-state index is 4.13. The molecule has 2 rings (SSSR count). The minimum Gasteiger partial charge on any atom is -0.306 e. The topological polar surface area (TPSA) is 29.0 Å². The summed E-state index contributed by atoms with van der Waals surface area (Å²) in [6, 6.07) is 8.24. The van der Waals surface area contributed by atoms with Crippen molar-refractivity contribution >= 4 is 0 Å². The van der Waals surface area contributed by atoms with Crippen LogP contribution in [0.4, 0.5) is 0 Å². The molecule has 0 bridgehead atoms. The third-order valence-electron chi connectivity index (χ3n) is 3.01. The summed E-state index contributed by atoms with van der Waals surface area (Å²) in [6.45, 7) is 2.12. The molecule has 2 aromatic heterocycles. The molecular formula is C15H19N3. The lowest BCUT2D eigenvalue weighted by molar-refractivity contribution is 0.342. The molecule has 18 heavy (non-hydrogen) atoms. The highest BCUT2D eigenvalue weighted by molar-refractivity contribution is 5.10. The largest absolute Gasteiger partial charge is 0.306 e. The van der Waals surface area contributed by atoms with Gasteiger partial charge in [-0.15, -0.1) is 0 Å². The Kier molecular flexibility index (Phi) is 4.85. The molecule has 0 unspecified atom stereocenters. The predicted octanol–water partition coefficient (Wildman–Crippen LogP) is 2.19. The van der Waals surface area contributed by atoms with E-state index in [4.69, 9.17) is 0 Å². The van der Waals surface area contributed by atoms with Gasteiger partial charge in [0.25, 0.3) is 0 Å². The molecule has 94 valence electrons. The standard InChI is InChI=1S/C15H19N3/c1-18(10-6-14-4-2-8-16-12-14)11-7-15-5-3-9-17-13-15/h2-5,8-9,12-13H,6-7,10-11H2,1H3. The highest BCUT2D eigenvalue weighted by atomic mass is 15.1. The van der Waals surface area contributed by atoms with Crippen molar-refractivity contribution in [3.05, 3.63) is 60.2 Å². The Hall–Kier alpha value is -1.74. The molecule has 0 atom stereocenters. The third kappa shape index (κ3) is 4.26. The SMILES string of the molecule is CN(CCc1cccnc1)CCc1cccnc1. The van der Waals surface area contributed by atoms with Gasteiger partial charge in [0.1, 0.15) is 0 Å². The number of hydrogen-bond acceptors (Lipinski definition) is 3. The van der Waals surface area contributed by atoms with E-state index < -0.39 is 0 Å². The van der Waals surface area contributed by atoms with Gasteiger partial charge in [0, 0.05) is 37.9 Å². The Morgan fingerprint density at radius 1 is 0.889 bits per heavy atom. The van der Waals surface area contributed by atoms with Crippen LogP contribution in [0.5, 0.6) is 0 Å². The molecule has 3 nitrogen and oxygen atoms in total. The van der Waals surface area contributed by atoms with Gasteiger partial charge in [-0.05, 0) is 43.1 Å². The minimum absolute atomic E-state index is 1.05. The molecule has 2 aromatic rings. The molecule has 2 heterocycles. The van der Waals surface area contributed by atoms with E-state index in [1.807, 2.05) is 36.9 Å². The number of rotatable bonds is 6. The zero-order chi connectivity index (χ0) is 12.6. The quantitative estimate of drug-likeness (QED) is 0.776. The number of likely N-dealkylation sites (N-methyl/N-ethyl adjacent to an activating group) is 1. The second-order valence-corrected chi connectivity index (χ2v) is 4.53. The predicted molar refractivity (Wildman–Crippen MR) is 73.4 cm³/mol. The highest BCUT2D eigenvalue weighted by Gasteiger charge is 2.00. The Labute approximate surface area is 109 Å². The fourth-order valence-electron chi connectivity index (χ4n) is 1.84. The van der Waals surface area contributed by atoms with Crippen LogP contribution in [0.1, 0.15) is 11.1 Å². The van der Waals surface area contributed by atoms with Crippen LogP contribution < -0.4 is 0 Å². The van der Waals surface area contributed by atoms with Gasteiger partial charge in [-0.1, -0.05) is 12.1 Å². The lowest BCUT2D eigenvalue weighted by Gasteiger charge is -2.16. The molecular weight excluding hydrogens is 222 g/mol. The molecule has 0 fully saturated rings. The van der Waals surface area contributed by atoms with Crippen LogP contribution in [-0.2, 0) is 12.8 Å². The van der Waals surface area contributed by atoms with Crippen molar-refractivity contribution in [3.8, 4) is 0 Å². The zero-order valence-corrected chi connectivity index (χ0v) is 10.8. The first kappa shape index (κ1) is 12.7. The van der Waals surface area contributed by atoms with Crippen LogP contribution in [0.25, 0.3) is 0 Å². The third-order valence-corrected chi connectivity index (χ3v) is 3.01. The molecule has 0 spiro atoms. The zero-order valence-electron chi connectivity index (χ0n) is 10.8. The Morgan fingerprint density at radius 3 is 1.78 bits per heavy atom. The van der Waals surface area contributed by atoms with Crippen molar-refractivity contribution in [1.29, 1.82) is 0 Å². The van der Waals surface area contributed by atoms with Gasteiger partial charge < -0.3 is 4.90 Å². The van der Waals surface area contributed by atoms with E-state index in [2.05, 4.69) is 34.0 Å². The Morgan fingerprint density at radius 2 is 1.39 bits per heavy atom. The fourth-order valence-corrected chi connectivity index (χ4v) is 1.84. The van der Waals surface area contributed by atoms with Gasteiger partial charge in [-0.2, -0.15) is 0 Å². The van der Waals surface area contributed by atoms with Crippen LogP contribution in [0.15, 0.2) is 49.1 Å². The molecule has 0 saturated carbocycles. The van der Waals surface area contributed by atoms with E-state index >= 15 is 0 Å². The van der Waals surface area contributed by atoms with Crippen LogP contribution in [0, 0.1) is 0 Å². The van der Waals surface area contributed by atoms with Crippen molar-refractivity contribution in [2.24, 2.45) is 0 Å². The van der Waals surface area contributed by atoms with E-state index in [-0.39, 0.29) is 0 Å². The molecule has 0 aliphatic heterocycles. The summed E-state index contributed by atoms with van der Waals surface area (Å²) < 4.78 is 0. The summed E-state index contributed by atoms with van der Waals surface area (Å²) in [4.78, 5) is 10.6. The van der Waals surface area contributed by atoms with Crippen LogP contribution >= 0.6 is 0 Å². The molecule has 0 N–H and O–H groups in total. The second-order valence-electron chi connectivity index (χ2n) is 4.53. The summed E-state index contributed by atoms with van der Waals surface area (Å²) in [5, 5.41) is 0. The first-order valence-corrected chi connectivity index (χ1v) is 6.31. The van der Waals surface area contributed by atoms with E-state index in [1.165, 1.54) is 11.1 Å². The maximum Gasteiger partial charge on any atom is 0.0300 e. The van der Waals surface area contributed by atoms with E-state index in [0.717, 1.165) is 25.9 Å². The summed E-state index contributed by atoms with van der Waals surface area (Å²) >= 11 is 0. The second kappa shape index (κ2) is 6.87. The number of aromatic nitrogens is 2. The number of hydrogen-bond donors (Lipinski definition) is 0. The molecule has 0 aliphatic carbocycles. The van der Waals surface area contributed by atoms with Gasteiger partial charge in [-0.25, -0.2) is 0 Å². The molecule has 0 amide bonds. The summed E-state index contributed by atoms with van der Waals surface area (Å²) in [6.07, 6.45) is 9.61. The summed E-state index contributed by atoms with van der Waals surface area (Å²) in [5.74, 6) is 0. The average Bonchev–Trinajstić information content (AvgIpc) is 2.45. The Bertz CT molecular complexity index is 398.